The molecule has 1 saturated carbocycles. The van der Waals surface area contributed by atoms with E-state index in [1.807, 2.05) is 22.9 Å². The van der Waals surface area contributed by atoms with Gasteiger partial charge in [-0.05, 0) is 61.6 Å². The highest BCUT2D eigenvalue weighted by atomic mass is 35.5. The first-order chi connectivity index (χ1) is 17.5. The van der Waals surface area contributed by atoms with Gasteiger partial charge in [-0.1, -0.05) is 22.9 Å². The van der Waals surface area contributed by atoms with Crippen LogP contribution in [0.15, 0.2) is 42.7 Å². The van der Waals surface area contributed by atoms with Gasteiger partial charge in [0.15, 0.2) is 5.13 Å². The fourth-order valence-electron chi connectivity index (χ4n) is 4.56. The Labute approximate surface area is 216 Å². The van der Waals surface area contributed by atoms with Crippen LogP contribution in [0.2, 0.25) is 5.02 Å². The van der Waals surface area contributed by atoms with Crippen LogP contribution in [0.3, 0.4) is 0 Å². The van der Waals surface area contributed by atoms with Crippen LogP contribution in [0.4, 0.5) is 5.13 Å². The third kappa shape index (κ3) is 4.29. The summed E-state index contributed by atoms with van der Waals surface area (Å²) in [5.41, 5.74) is 6.47. The topological polar surface area (TPSA) is 102 Å². The van der Waals surface area contributed by atoms with E-state index in [9.17, 15) is 9.59 Å². The molecular weight excluding hydrogens is 496 g/mol. The summed E-state index contributed by atoms with van der Waals surface area (Å²) in [5, 5.41) is 11.8. The van der Waals surface area contributed by atoms with E-state index in [0.29, 0.717) is 33.9 Å². The molecule has 0 radical (unpaired) electrons. The number of aryl methyl sites for hydroxylation is 1. The van der Waals surface area contributed by atoms with E-state index in [1.165, 1.54) is 23.8 Å². The quantitative estimate of drug-likeness (QED) is 0.377. The highest BCUT2D eigenvalue weighted by molar-refractivity contribution is 7.19. The minimum absolute atomic E-state index is 0.144. The largest absolute Gasteiger partial charge is 0.348 e. The summed E-state index contributed by atoms with van der Waals surface area (Å²) in [5.74, 6) is 0.127. The number of amides is 2. The second kappa shape index (κ2) is 9.15. The molecule has 2 amide bonds. The van der Waals surface area contributed by atoms with Crippen LogP contribution < -0.4 is 10.6 Å². The second-order valence-corrected chi connectivity index (χ2v) is 10.5. The van der Waals surface area contributed by atoms with Crippen LogP contribution >= 0.6 is 22.9 Å². The summed E-state index contributed by atoms with van der Waals surface area (Å²) in [4.78, 5) is 34.0. The molecule has 8 nitrogen and oxygen atoms in total. The number of carbonyl (C=O) groups excluding carboxylic acids is 2. The molecular formula is C26H23ClN6O2S. The third-order valence-electron chi connectivity index (χ3n) is 6.43. The van der Waals surface area contributed by atoms with Gasteiger partial charge in [-0.15, -0.1) is 0 Å². The van der Waals surface area contributed by atoms with Gasteiger partial charge in [0.25, 0.3) is 5.91 Å². The van der Waals surface area contributed by atoms with Gasteiger partial charge >= 0.3 is 0 Å². The third-order valence-corrected chi connectivity index (χ3v) is 7.75. The Kier molecular flexibility index (Phi) is 5.81. The Morgan fingerprint density at radius 2 is 1.97 bits per heavy atom. The molecule has 2 aliphatic rings. The van der Waals surface area contributed by atoms with Gasteiger partial charge < -0.3 is 10.6 Å². The van der Waals surface area contributed by atoms with Crippen LogP contribution in [-0.2, 0) is 24.2 Å². The summed E-state index contributed by atoms with van der Waals surface area (Å²) in [6, 6.07) is 9.02. The maximum atomic E-state index is 12.8. The van der Waals surface area contributed by atoms with Crippen LogP contribution in [0.1, 0.15) is 58.6 Å². The van der Waals surface area contributed by atoms with Gasteiger partial charge in [-0.2, -0.15) is 5.10 Å². The molecule has 2 N–H and O–H groups in total. The van der Waals surface area contributed by atoms with Gasteiger partial charge in [0.1, 0.15) is 0 Å². The van der Waals surface area contributed by atoms with Gasteiger partial charge in [-0.25, -0.2) is 9.67 Å². The number of halogens is 1. The molecule has 3 aromatic heterocycles. The summed E-state index contributed by atoms with van der Waals surface area (Å²) in [7, 11) is 0. The molecule has 4 aromatic rings. The number of nitrogens with zero attached hydrogens (tertiary/aromatic N) is 4. The molecule has 1 fully saturated rings. The molecule has 0 atom stereocenters. The van der Waals surface area contributed by atoms with Crippen LogP contribution in [0.25, 0.3) is 16.3 Å². The van der Waals surface area contributed by atoms with E-state index in [-0.39, 0.29) is 11.8 Å². The zero-order valence-corrected chi connectivity index (χ0v) is 21.1. The Morgan fingerprint density at radius 1 is 1.17 bits per heavy atom. The summed E-state index contributed by atoms with van der Waals surface area (Å²) < 4.78 is 1.90. The van der Waals surface area contributed by atoms with E-state index < -0.39 is 0 Å². The Hall–Kier alpha value is -3.56. The second-order valence-electron chi connectivity index (χ2n) is 9.08. The zero-order valence-electron chi connectivity index (χ0n) is 19.5. The normalized spacial score (nSPS) is 14.2. The zero-order chi connectivity index (χ0) is 24.8. The molecule has 0 spiro atoms. The Morgan fingerprint density at radius 3 is 2.69 bits per heavy atom. The fourth-order valence-corrected chi connectivity index (χ4v) is 5.94. The van der Waals surface area contributed by atoms with E-state index in [1.54, 1.807) is 24.5 Å². The van der Waals surface area contributed by atoms with E-state index in [0.717, 1.165) is 53.2 Å². The number of hydrogen-bond acceptors (Lipinski definition) is 6. The standard InChI is InChI=1S/C26H23ClN6O2S/c1-14(34)30-26-31-20-6-5-18-22(16-2-3-16)32-33(23(18)24(20)36-26)21-7-4-17(12-19(21)27)25(35)29-13-15-8-10-28-11-9-15/h4,7-12,16H,2-3,5-6,13H2,1H3,(H,29,35)(H,30,31,34). The van der Waals surface area contributed by atoms with Crippen molar-refractivity contribution in [3.05, 3.63) is 75.8 Å². The number of thiazole rings is 1. The molecule has 0 aliphatic heterocycles. The lowest BCUT2D eigenvalue weighted by atomic mass is 9.96. The number of anilines is 1. The van der Waals surface area contributed by atoms with E-state index >= 15 is 0 Å². The first-order valence-electron chi connectivity index (χ1n) is 11.8. The number of aromatic nitrogens is 4. The summed E-state index contributed by atoms with van der Waals surface area (Å²) in [6.07, 6.45) is 7.34. The summed E-state index contributed by atoms with van der Waals surface area (Å²) in [6.45, 7) is 1.89. The minimum Gasteiger partial charge on any atom is -0.348 e. The number of pyridine rings is 1. The van der Waals surface area contributed by atoms with Crippen molar-refractivity contribution in [2.45, 2.75) is 45.1 Å². The molecule has 2 aliphatic carbocycles. The van der Waals surface area contributed by atoms with Crippen molar-refractivity contribution in [2.75, 3.05) is 5.32 Å². The molecule has 0 saturated heterocycles. The van der Waals surface area contributed by atoms with Crippen LogP contribution in [0, 0.1) is 0 Å². The number of carbonyl (C=O) groups is 2. The Balaban J connectivity index is 1.35. The molecule has 0 unspecified atom stereocenters. The van der Waals surface area contributed by atoms with Gasteiger partial charge in [-0.3, -0.25) is 14.6 Å². The SMILES string of the molecule is CC(=O)Nc1nc2c(s1)-c1c(c(C3CC3)nn1-c1ccc(C(=O)NCc3ccncc3)cc1Cl)CC2. The molecule has 36 heavy (non-hydrogen) atoms. The van der Waals surface area contributed by atoms with Crippen molar-refractivity contribution in [2.24, 2.45) is 0 Å². The molecule has 1 aromatic carbocycles. The lowest BCUT2D eigenvalue weighted by Gasteiger charge is -2.15. The minimum atomic E-state index is -0.203. The average Bonchev–Trinajstić information content (AvgIpc) is 3.52. The molecule has 0 bridgehead atoms. The van der Waals surface area contributed by atoms with Crippen molar-refractivity contribution in [3.63, 3.8) is 0 Å². The van der Waals surface area contributed by atoms with Crippen molar-refractivity contribution in [1.82, 2.24) is 25.1 Å². The van der Waals surface area contributed by atoms with Crippen molar-refractivity contribution in [3.8, 4) is 16.3 Å². The van der Waals surface area contributed by atoms with Crippen molar-refractivity contribution in [1.29, 1.82) is 0 Å². The molecule has 6 rings (SSSR count). The lowest BCUT2D eigenvalue weighted by Crippen LogP contribution is -2.22. The number of fused-ring (bicyclic) bond motifs is 3. The van der Waals surface area contributed by atoms with Crippen molar-refractivity contribution < 1.29 is 9.59 Å². The molecule has 182 valence electrons. The fraction of sp³-hybridized carbons (Fsp3) is 0.269. The number of nitrogens with one attached hydrogen (secondary N) is 2. The molecule has 3 heterocycles. The summed E-state index contributed by atoms with van der Waals surface area (Å²) >= 11 is 8.22. The van der Waals surface area contributed by atoms with Gasteiger partial charge in [0.05, 0.1) is 32.7 Å². The average molecular weight is 519 g/mol. The van der Waals surface area contributed by atoms with Crippen molar-refractivity contribution >= 4 is 39.9 Å². The predicted molar refractivity (Wildman–Crippen MR) is 139 cm³/mol. The van der Waals surface area contributed by atoms with Gasteiger partial charge in [0.2, 0.25) is 5.91 Å². The van der Waals surface area contributed by atoms with Gasteiger partial charge in [0, 0.05) is 42.9 Å². The highest BCUT2D eigenvalue weighted by Gasteiger charge is 2.36. The van der Waals surface area contributed by atoms with E-state index in [2.05, 4.69) is 20.6 Å². The first-order valence-corrected chi connectivity index (χ1v) is 13.0. The molecule has 10 heteroatoms. The maximum absolute atomic E-state index is 12.8. The highest BCUT2D eigenvalue weighted by Crippen LogP contribution is 2.48. The maximum Gasteiger partial charge on any atom is 0.251 e. The van der Waals surface area contributed by atoms with Crippen LogP contribution in [0.5, 0.6) is 0 Å². The lowest BCUT2D eigenvalue weighted by molar-refractivity contribution is -0.114. The first kappa shape index (κ1) is 22.9. The Bertz CT molecular complexity index is 1490. The number of benzene rings is 1. The number of rotatable bonds is 6. The monoisotopic (exact) mass is 518 g/mol. The predicted octanol–water partition coefficient (Wildman–Crippen LogP) is 4.91. The van der Waals surface area contributed by atoms with Crippen LogP contribution in [-0.4, -0.2) is 31.6 Å². The number of hydrogen-bond donors (Lipinski definition) is 2. The smallest absolute Gasteiger partial charge is 0.251 e. The van der Waals surface area contributed by atoms with E-state index in [4.69, 9.17) is 16.7 Å².